The molecule has 0 aromatic rings. The first-order valence-corrected chi connectivity index (χ1v) is 3.49. The fourth-order valence-corrected chi connectivity index (χ4v) is 0.978. The van der Waals surface area contributed by atoms with Crippen molar-refractivity contribution in [1.82, 2.24) is 4.90 Å². The number of nitrogens with zero attached hydrogens (tertiary/aromatic N) is 1. The molecule has 0 aromatic heterocycles. The molecule has 0 aliphatic carbocycles. The second kappa shape index (κ2) is 3.76. The fourth-order valence-electron chi connectivity index (χ4n) is 0.978. The Morgan fingerprint density at radius 2 is 2.64 bits per heavy atom. The van der Waals surface area contributed by atoms with Gasteiger partial charge in [-0.2, -0.15) is 0 Å². The SMILES string of the molecule is C=CCN1CC=CC=C1[C]=O. The Kier molecular flexibility index (Phi) is 2.66. The van der Waals surface area contributed by atoms with E-state index >= 15 is 0 Å². The molecule has 1 aliphatic heterocycles. The normalized spacial score (nSPS) is 16.0. The van der Waals surface area contributed by atoms with Crippen molar-refractivity contribution in [3.63, 3.8) is 0 Å². The van der Waals surface area contributed by atoms with Crippen LogP contribution in [0.2, 0.25) is 0 Å². The Balaban J connectivity index is 2.66. The zero-order chi connectivity index (χ0) is 8.10. The van der Waals surface area contributed by atoms with E-state index in [-0.39, 0.29) is 0 Å². The summed E-state index contributed by atoms with van der Waals surface area (Å²) in [5.41, 5.74) is 0.604. The van der Waals surface area contributed by atoms with Crippen molar-refractivity contribution < 1.29 is 4.79 Å². The van der Waals surface area contributed by atoms with E-state index in [0.717, 1.165) is 6.54 Å². The summed E-state index contributed by atoms with van der Waals surface area (Å²) in [6.07, 6.45) is 9.25. The molecule has 1 radical (unpaired) electrons. The van der Waals surface area contributed by atoms with Crippen molar-refractivity contribution in [2.75, 3.05) is 13.1 Å². The van der Waals surface area contributed by atoms with E-state index in [2.05, 4.69) is 6.58 Å². The number of rotatable bonds is 3. The van der Waals surface area contributed by atoms with E-state index in [1.165, 1.54) is 0 Å². The fraction of sp³-hybridized carbons (Fsp3) is 0.222. The molecule has 0 bridgehead atoms. The molecule has 1 heterocycles. The molecule has 0 atom stereocenters. The maximum Gasteiger partial charge on any atom is 0.251 e. The van der Waals surface area contributed by atoms with E-state index in [9.17, 15) is 4.79 Å². The first-order valence-electron chi connectivity index (χ1n) is 3.49. The van der Waals surface area contributed by atoms with Crippen molar-refractivity contribution >= 4 is 6.29 Å². The lowest BCUT2D eigenvalue weighted by Gasteiger charge is -2.22. The van der Waals surface area contributed by atoms with Crippen LogP contribution < -0.4 is 0 Å². The largest absolute Gasteiger partial charge is 0.361 e. The van der Waals surface area contributed by atoms with Gasteiger partial charge in [-0.1, -0.05) is 18.2 Å². The third kappa shape index (κ3) is 1.80. The highest BCUT2D eigenvalue weighted by molar-refractivity contribution is 5.74. The van der Waals surface area contributed by atoms with Crippen LogP contribution >= 0.6 is 0 Å². The summed E-state index contributed by atoms with van der Waals surface area (Å²) in [6.45, 7) is 5.07. The van der Waals surface area contributed by atoms with Crippen LogP contribution in [-0.4, -0.2) is 24.3 Å². The molecule has 2 heteroatoms. The van der Waals surface area contributed by atoms with Gasteiger partial charge in [-0.15, -0.1) is 6.58 Å². The lowest BCUT2D eigenvalue weighted by molar-refractivity contribution is 0.428. The summed E-state index contributed by atoms with van der Waals surface area (Å²) >= 11 is 0. The molecule has 0 saturated carbocycles. The van der Waals surface area contributed by atoms with Crippen molar-refractivity contribution in [1.29, 1.82) is 0 Å². The van der Waals surface area contributed by atoms with Crippen LogP contribution in [0.5, 0.6) is 0 Å². The summed E-state index contributed by atoms with van der Waals surface area (Å²) in [6, 6.07) is 0. The van der Waals surface area contributed by atoms with Gasteiger partial charge < -0.3 is 4.90 Å². The van der Waals surface area contributed by atoms with Crippen LogP contribution in [0.1, 0.15) is 0 Å². The molecule has 11 heavy (non-hydrogen) atoms. The molecule has 0 N–H and O–H groups in total. The Bertz CT molecular complexity index is 214. The second-order valence-electron chi connectivity index (χ2n) is 2.28. The van der Waals surface area contributed by atoms with Crippen LogP contribution in [0.25, 0.3) is 0 Å². The van der Waals surface area contributed by atoms with E-state index in [1.54, 1.807) is 12.2 Å². The topological polar surface area (TPSA) is 20.3 Å². The first-order chi connectivity index (χ1) is 5.38. The molecule has 0 saturated heterocycles. The Morgan fingerprint density at radius 3 is 3.27 bits per heavy atom. The third-order valence-electron chi connectivity index (χ3n) is 1.51. The number of allylic oxidation sites excluding steroid dienone is 3. The van der Waals surface area contributed by atoms with Gasteiger partial charge in [-0.3, -0.25) is 4.79 Å². The molecule has 0 fully saturated rings. The van der Waals surface area contributed by atoms with Crippen LogP contribution in [-0.2, 0) is 4.79 Å². The molecule has 1 aliphatic rings. The van der Waals surface area contributed by atoms with Crippen molar-refractivity contribution in [3.8, 4) is 0 Å². The smallest absolute Gasteiger partial charge is 0.251 e. The van der Waals surface area contributed by atoms with E-state index in [0.29, 0.717) is 12.2 Å². The molecular weight excluding hydrogens is 138 g/mol. The lowest BCUT2D eigenvalue weighted by atomic mass is 10.2. The minimum atomic E-state index is 0.604. The molecule has 0 spiro atoms. The van der Waals surface area contributed by atoms with Gasteiger partial charge in [0.25, 0.3) is 6.29 Å². The summed E-state index contributed by atoms with van der Waals surface area (Å²) in [5, 5.41) is 0. The maximum absolute atomic E-state index is 10.3. The van der Waals surface area contributed by atoms with Crippen LogP contribution in [0, 0.1) is 0 Å². The molecule has 0 unspecified atom stereocenters. The van der Waals surface area contributed by atoms with Crippen molar-refractivity contribution in [2.24, 2.45) is 0 Å². The Morgan fingerprint density at radius 1 is 1.82 bits per heavy atom. The van der Waals surface area contributed by atoms with E-state index < -0.39 is 0 Å². The van der Waals surface area contributed by atoms with Crippen LogP contribution in [0.3, 0.4) is 0 Å². The van der Waals surface area contributed by atoms with Gasteiger partial charge in [0.2, 0.25) is 0 Å². The zero-order valence-electron chi connectivity index (χ0n) is 6.29. The van der Waals surface area contributed by atoms with Crippen molar-refractivity contribution in [2.45, 2.75) is 0 Å². The molecule has 57 valence electrons. The Labute approximate surface area is 66.5 Å². The van der Waals surface area contributed by atoms with Gasteiger partial charge >= 0.3 is 0 Å². The standard InChI is InChI=1S/C9H10NO/c1-2-6-10-7-4-3-5-9(10)8-11/h2-5H,1,6-7H2. The monoisotopic (exact) mass is 148 g/mol. The maximum atomic E-state index is 10.3. The molecule has 0 amide bonds. The molecule has 0 aromatic carbocycles. The average Bonchev–Trinajstić information content (AvgIpc) is 2.06. The van der Waals surface area contributed by atoms with Gasteiger partial charge in [0.05, 0.1) is 5.70 Å². The molecule has 1 rings (SSSR count). The Hall–Kier alpha value is -1.31. The number of hydrogen-bond donors (Lipinski definition) is 0. The van der Waals surface area contributed by atoms with Gasteiger partial charge in [0, 0.05) is 13.1 Å². The van der Waals surface area contributed by atoms with E-state index in [1.807, 2.05) is 23.3 Å². The number of carbonyl (C=O) groups excluding carboxylic acids is 1. The lowest BCUT2D eigenvalue weighted by Crippen LogP contribution is -2.25. The van der Waals surface area contributed by atoms with Gasteiger partial charge in [0.1, 0.15) is 0 Å². The van der Waals surface area contributed by atoms with E-state index in [4.69, 9.17) is 0 Å². The summed E-state index contributed by atoms with van der Waals surface area (Å²) < 4.78 is 0. The summed E-state index contributed by atoms with van der Waals surface area (Å²) in [7, 11) is 0. The quantitative estimate of drug-likeness (QED) is 0.557. The predicted octanol–water partition coefficient (Wildman–Crippen LogP) is 1.04. The minimum absolute atomic E-state index is 0.604. The predicted molar refractivity (Wildman–Crippen MR) is 44.7 cm³/mol. The van der Waals surface area contributed by atoms with Gasteiger partial charge in [-0.25, -0.2) is 0 Å². The highest BCUT2D eigenvalue weighted by Gasteiger charge is 2.07. The zero-order valence-corrected chi connectivity index (χ0v) is 6.29. The molecule has 2 nitrogen and oxygen atoms in total. The highest BCUT2D eigenvalue weighted by Crippen LogP contribution is 2.06. The highest BCUT2D eigenvalue weighted by atomic mass is 16.1. The molecular formula is C9H10NO. The van der Waals surface area contributed by atoms with Gasteiger partial charge in [0.15, 0.2) is 0 Å². The van der Waals surface area contributed by atoms with Gasteiger partial charge in [-0.05, 0) is 6.08 Å². The summed E-state index contributed by atoms with van der Waals surface area (Å²) in [5.74, 6) is 0. The average molecular weight is 148 g/mol. The van der Waals surface area contributed by atoms with Crippen LogP contribution in [0.4, 0.5) is 0 Å². The van der Waals surface area contributed by atoms with Crippen LogP contribution in [0.15, 0.2) is 36.6 Å². The first kappa shape index (κ1) is 7.79. The third-order valence-corrected chi connectivity index (χ3v) is 1.51. The summed E-state index contributed by atoms with van der Waals surface area (Å²) in [4.78, 5) is 12.2. The minimum Gasteiger partial charge on any atom is -0.361 e. The second-order valence-corrected chi connectivity index (χ2v) is 2.28. The number of hydrogen-bond acceptors (Lipinski definition) is 2. The van der Waals surface area contributed by atoms with Crippen molar-refractivity contribution in [3.05, 3.63) is 36.6 Å².